The van der Waals surface area contributed by atoms with Crippen molar-refractivity contribution in [3.8, 4) is 11.5 Å². The highest BCUT2D eigenvalue weighted by Gasteiger charge is 2.46. The molecule has 9 nitrogen and oxygen atoms in total. The Hall–Kier alpha value is -3.85. The summed E-state index contributed by atoms with van der Waals surface area (Å²) in [5.41, 5.74) is 2.06. The Morgan fingerprint density at radius 2 is 1.89 bits per heavy atom. The van der Waals surface area contributed by atoms with Crippen LogP contribution in [-0.2, 0) is 9.59 Å². The van der Waals surface area contributed by atoms with Crippen LogP contribution in [0.3, 0.4) is 0 Å². The molecule has 1 amide bonds. The molecule has 1 aliphatic heterocycles. The number of likely N-dealkylation sites (tertiary alicyclic amines) is 1. The molecule has 1 atom stereocenters. The van der Waals surface area contributed by atoms with E-state index in [9.17, 15) is 19.8 Å². The number of aromatic hydroxyl groups is 1. The first kappa shape index (κ1) is 25.2. The lowest BCUT2D eigenvalue weighted by Crippen LogP contribution is -2.38. The highest BCUT2D eigenvalue weighted by molar-refractivity contribution is 6.46. The second kappa shape index (κ2) is 10.4. The molecule has 3 heterocycles. The van der Waals surface area contributed by atoms with Gasteiger partial charge in [-0.2, -0.15) is 0 Å². The fraction of sp³-hybridized carbons (Fsp3) is 0.370. The summed E-state index contributed by atoms with van der Waals surface area (Å²) in [5.74, 6) is -1.51. The van der Waals surface area contributed by atoms with E-state index >= 15 is 0 Å². The number of ketones is 1. The molecule has 1 fully saturated rings. The fourth-order valence-electron chi connectivity index (χ4n) is 4.74. The minimum Gasteiger partial charge on any atom is -0.505 e. The molecule has 2 N–H and O–H groups in total. The molecule has 190 valence electrons. The number of nitrogens with zero attached hydrogens (tertiary/aromatic N) is 4. The predicted octanol–water partition coefficient (Wildman–Crippen LogP) is 3.51. The number of aryl methyl sites for hydroxylation is 1. The third kappa shape index (κ3) is 4.42. The molecule has 0 spiro atoms. The van der Waals surface area contributed by atoms with Crippen LogP contribution in [0.1, 0.15) is 43.8 Å². The van der Waals surface area contributed by atoms with Gasteiger partial charge in [-0.05, 0) is 56.8 Å². The number of phenolic OH excluding ortho intramolecular Hbond substituents is 1. The first-order valence-corrected chi connectivity index (χ1v) is 12.2. The van der Waals surface area contributed by atoms with E-state index in [4.69, 9.17) is 4.74 Å². The average Bonchev–Trinajstić information content (AvgIpc) is 3.34. The summed E-state index contributed by atoms with van der Waals surface area (Å²) in [7, 11) is 0. The molecule has 0 radical (unpaired) electrons. The summed E-state index contributed by atoms with van der Waals surface area (Å²) in [6.45, 7) is 10.4. The number of carbonyl (C=O) groups excluding carboxylic acids is 2. The molecule has 2 aromatic heterocycles. The van der Waals surface area contributed by atoms with E-state index in [-0.39, 0.29) is 22.8 Å². The van der Waals surface area contributed by atoms with Crippen LogP contribution < -0.4 is 4.74 Å². The Balaban J connectivity index is 1.90. The van der Waals surface area contributed by atoms with Crippen molar-refractivity contribution in [1.29, 1.82) is 0 Å². The van der Waals surface area contributed by atoms with Crippen LogP contribution in [0.4, 0.5) is 0 Å². The molecule has 1 aromatic carbocycles. The number of carbonyl (C=O) groups is 2. The summed E-state index contributed by atoms with van der Waals surface area (Å²) in [6.07, 6.45) is 1.75. The number of aliphatic hydroxyl groups is 1. The highest BCUT2D eigenvalue weighted by atomic mass is 16.5. The number of phenols is 1. The summed E-state index contributed by atoms with van der Waals surface area (Å²) in [4.78, 5) is 34.9. The maximum atomic E-state index is 13.4. The molecule has 0 saturated carbocycles. The van der Waals surface area contributed by atoms with E-state index in [1.165, 1.54) is 11.0 Å². The van der Waals surface area contributed by atoms with Gasteiger partial charge >= 0.3 is 0 Å². The van der Waals surface area contributed by atoms with E-state index in [1.54, 1.807) is 48.7 Å². The largest absolute Gasteiger partial charge is 0.505 e. The molecule has 3 aromatic rings. The maximum Gasteiger partial charge on any atom is 0.295 e. The van der Waals surface area contributed by atoms with Gasteiger partial charge in [0.25, 0.3) is 11.7 Å². The number of imidazole rings is 1. The first-order valence-electron chi connectivity index (χ1n) is 12.2. The molecule has 1 unspecified atom stereocenters. The predicted molar refractivity (Wildman–Crippen MR) is 136 cm³/mol. The number of likely N-dealkylation sites (N-methyl/N-ethyl adjacent to an activating group) is 1. The van der Waals surface area contributed by atoms with Crippen molar-refractivity contribution >= 4 is 23.1 Å². The molecule has 9 heteroatoms. The summed E-state index contributed by atoms with van der Waals surface area (Å²) >= 11 is 0. The van der Waals surface area contributed by atoms with Crippen molar-refractivity contribution in [3.05, 3.63) is 65.1 Å². The molecule has 36 heavy (non-hydrogen) atoms. The Morgan fingerprint density at radius 3 is 2.58 bits per heavy atom. The third-order valence-corrected chi connectivity index (χ3v) is 6.62. The third-order valence-electron chi connectivity index (χ3n) is 6.62. The van der Waals surface area contributed by atoms with Gasteiger partial charge in [0.1, 0.15) is 11.3 Å². The lowest BCUT2D eigenvalue weighted by molar-refractivity contribution is -0.140. The number of ether oxygens (including phenoxy) is 1. The first-order chi connectivity index (χ1) is 17.3. The summed E-state index contributed by atoms with van der Waals surface area (Å²) in [5, 5.41) is 21.8. The van der Waals surface area contributed by atoms with Crippen molar-refractivity contribution in [2.75, 3.05) is 32.8 Å². The second-order valence-corrected chi connectivity index (χ2v) is 8.65. The van der Waals surface area contributed by atoms with E-state index in [0.29, 0.717) is 42.3 Å². The van der Waals surface area contributed by atoms with Gasteiger partial charge in [0.05, 0.1) is 23.9 Å². The van der Waals surface area contributed by atoms with Crippen LogP contribution in [0.2, 0.25) is 0 Å². The van der Waals surface area contributed by atoms with Crippen LogP contribution in [0.15, 0.2) is 48.2 Å². The van der Waals surface area contributed by atoms with E-state index in [2.05, 4.69) is 9.88 Å². The van der Waals surface area contributed by atoms with Gasteiger partial charge in [-0.1, -0.05) is 26.0 Å². The van der Waals surface area contributed by atoms with Crippen molar-refractivity contribution in [1.82, 2.24) is 19.2 Å². The molecular formula is C27H32N4O5. The Labute approximate surface area is 210 Å². The van der Waals surface area contributed by atoms with Gasteiger partial charge in [-0.25, -0.2) is 4.98 Å². The van der Waals surface area contributed by atoms with Crippen LogP contribution in [0, 0.1) is 6.92 Å². The lowest BCUT2D eigenvalue weighted by atomic mass is 9.96. The minimum atomic E-state index is -0.853. The average molecular weight is 493 g/mol. The number of rotatable bonds is 9. The molecule has 1 aliphatic rings. The molecule has 0 bridgehead atoms. The summed E-state index contributed by atoms with van der Waals surface area (Å²) < 4.78 is 7.27. The molecular weight excluding hydrogens is 460 g/mol. The maximum absolute atomic E-state index is 13.4. The number of hydrogen-bond donors (Lipinski definition) is 2. The van der Waals surface area contributed by atoms with Crippen molar-refractivity contribution in [2.24, 2.45) is 0 Å². The van der Waals surface area contributed by atoms with Gasteiger partial charge in [0, 0.05) is 19.3 Å². The lowest BCUT2D eigenvalue weighted by Gasteiger charge is -2.28. The van der Waals surface area contributed by atoms with Crippen molar-refractivity contribution < 1.29 is 24.5 Å². The highest BCUT2D eigenvalue weighted by Crippen LogP contribution is 2.42. The van der Waals surface area contributed by atoms with Crippen LogP contribution in [0.25, 0.3) is 11.4 Å². The minimum absolute atomic E-state index is 0.0126. The Kier molecular flexibility index (Phi) is 7.30. The molecule has 1 saturated heterocycles. The van der Waals surface area contributed by atoms with Gasteiger partial charge < -0.3 is 24.7 Å². The number of amides is 1. The van der Waals surface area contributed by atoms with Crippen LogP contribution in [0.5, 0.6) is 11.5 Å². The number of fused-ring (bicyclic) bond motifs is 1. The molecule has 4 rings (SSSR count). The number of hydrogen-bond acceptors (Lipinski definition) is 7. The van der Waals surface area contributed by atoms with Gasteiger partial charge in [0.15, 0.2) is 17.3 Å². The zero-order valence-corrected chi connectivity index (χ0v) is 21.1. The molecule has 0 aliphatic carbocycles. The fourth-order valence-corrected chi connectivity index (χ4v) is 4.74. The zero-order valence-electron chi connectivity index (χ0n) is 21.1. The van der Waals surface area contributed by atoms with E-state index in [1.807, 2.05) is 19.9 Å². The normalized spacial score (nSPS) is 17.5. The quantitative estimate of drug-likeness (QED) is 0.267. The zero-order chi connectivity index (χ0) is 26.0. The van der Waals surface area contributed by atoms with Crippen LogP contribution in [-0.4, -0.2) is 73.9 Å². The number of aliphatic hydroxyl groups excluding tert-OH is 1. The SMILES string of the molecule is CCOc1cc(C2/C(=C(\O)c3c(C)nc4ccccn34)C(=O)C(=O)N2CCN(CC)CC)ccc1O. The summed E-state index contributed by atoms with van der Waals surface area (Å²) in [6, 6.07) is 9.34. The van der Waals surface area contributed by atoms with Gasteiger partial charge in [-0.3, -0.25) is 14.0 Å². The van der Waals surface area contributed by atoms with Gasteiger partial charge in [0.2, 0.25) is 0 Å². The number of benzene rings is 1. The van der Waals surface area contributed by atoms with Crippen molar-refractivity contribution in [2.45, 2.75) is 33.7 Å². The van der Waals surface area contributed by atoms with E-state index < -0.39 is 17.7 Å². The number of aromatic nitrogens is 2. The standard InChI is InChI=1S/C27H32N4O5/c1-5-29(6-2)14-15-31-24(18-11-12-19(32)20(16-18)36-7-3)22(26(34)27(31)35)25(33)23-17(4)28-21-10-8-9-13-30(21)23/h8-13,16,24,32-33H,5-7,14-15H2,1-4H3/b25-22+. The Bertz CT molecular complexity index is 1320. The van der Waals surface area contributed by atoms with Crippen molar-refractivity contribution in [3.63, 3.8) is 0 Å². The van der Waals surface area contributed by atoms with Gasteiger partial charge in [-0.15, -0.1) is 0 Å². The monoisotopic (exact) mass is 492 g/mol. The topological polar surface area (TPSA) is 108 Å². The Morgan fingerprint density at radius 1 is 1.14 bits per heavy atom. The van der Waals surface area contributed by atoms with E-state index in [0.717, 1.165) is 13.1 Å². The van der Waals surface area contributed by atoms with Crippen LogP contribution >= 0.6 is 0 Å². The number of Topliss-reactive ketones (excluding diaryl/α,β-unsaturated/α-hetero) is 1. The smallest absolute Gasteiger partial charge is 0.295 e. The number of pyridine rings is 1. The second-order valence-electron chi connectivity index (χ2n) is 8.65.